The number of aromatic carboxylic acids is 1. The van der Waals surface area contributed by atoms with E-state index in [1.54, 1.807) is 6.07 Å². The first-order valence-corrected chi connectivity index (χ1v) is 7.18. The summed E-state index contributed by atoms with van der Waals surface area (Å²) in [6, 6.07) is 4.60. The Kier molecular flexibility index (Phi) is 4.36. The SMILES string of the molecule is CS(=O)(=O)CCNc1cccc(Cl)c1C(=O)O. The number of hydrogen-bond acceptors (Lipinski definition) is 4. The molecule has 0 fully saturated rings. The highest BCUT2D eigenvalue weighted by Crippen LogP contribution is 2.24. The van der Waals surface area contributed by atoms with Crippen LogP contribution in [0.4, 0.5) is 5.69 Å². The molecule has 5 nitrogen and oxygen atoms in total. The van der Waals surface area contributed by atoms with Gasteiger partial charge in [-0.2, -0.15) is 0 Å². The van der Waals surface area contributed by atoms with Gasteiger partial charge in [0.25, 0.3) is 0 Å². The molecule has 1 aromatic rings. The molecule has 0 atom stereocenters. The van der Waals surface area contributed by atoms with Gasteiger partial charge in [-0.25, -0.2) is 13.2 Å². The molecule has 1 aromatic carbocycles. The van der Waals surface area contributed by atoms with Crippen LogP contribution in [0, 0.1) is 0 Å². The van der Waals surface area contributed by atoms with Crippen LogP contribution in [-0.2, 0) is 9.84 Å². The van der Waals surface area contributed by atoms with Crippen LogP contribution in [0.2, 0.25) is 5.02 Å². The third kappa shape index (κ3) is 4.24. The van der Waals surface area contributed by atoms with Gasteiger partial charge < -0.3 is 10.4 Å². The number of rotatable bonds is 5. The van der Waals surface area contributed by atoms with Crippen LogP contribution < -0.4 is 5.32 Å². The van der Waals surface area contributed by atoms with E-state index in [2.05, 4.69) is 5.32 Å². The van der Waals surface area contributed by atoms with Gasteiger partial charge in [-0.1, -0.05) is 17.7 Å². The molecule has 0 radical (unpaired) electrons. The van der Waals surface area contributed by atoms with Gasteiger partial charge in [-0.05, 0) is 12.1 Å². The maximum atomic E-state index is 11.0. The lowest BCUT2D eigenvalue weighted by atomic mass is 10.2. The average molecular weight is 278 g/mol. The summed E-state index contributed by atoms with van der Waals surface area (Å²) < 4.78 is 21.8. The van der Waals surface area contributed by atoms with Crippen LogP contribution in [0.1, 0.15) is 10.4 Å². The van der Waals surface area contributed by atoms with E-state index in [1.165, 1.54) is 12.1 Å². The first-order valence-electron chi connectivity index (χ1n) is 4.74. The summed E-state index contributed by atoms with van der Waals surface area (Å²) in [5.74, 6) is -1.23. The quantitative estimate of drug-likeness (QED) is 0.852. The highest BCUT2D eigenvalue weighted by molar-refractivity contribution is 7.90. The summed E-state index contributed by atoms with van der Waals surface area (Å²) in [4.78, 5) is 11.0. The van der Waals surface area contributed by atoms with Crippen LogP contribution >= 0.6 is 11.6 Å². The number of hydrogen-bond donors (Lipinski definition) is 2. The van der Waals surface area contributed by atoms with E-state index in [1.807, 2.05) is 0 Å². The van der Waals surface area contributed by atoms with E-state index in [0.29, 0.717) is 5.69 Å². The zero-order valence-corrected chi connectivity index (χ0v) is 10.7. The first kappa shape index (κ1) is 13.8. The molecule has 0 amide bonds. The molecule has 17 heavy (non-hydrogen) atoms. The Morgan fingerprint density at radius 2 is 2.12 bits per heavy atom. The van der Waals surface area contributed by atoms with Gasteiger partial charge >= 0.3 is 5.97 Å². The van der Waals surface area contributed by atoms with Crippen molar-refractivity contribution in [2.24, 2.45) is 0 Å². The number of benzene rings is 1. The second-order valence-electron chi connectivity index (χ2n) is 3.52. The van der Waals surface area contributed by atoms with Gasteiger partial charge in [-0.3, -0.25) is 0 Å². The van der Waals surface area contributed by atoms with Crippen LogP contribution in [0.15, 0.2) is 18.2 Å². The number of sulfone groups is 1. The number of carboxylic acids is 1. The van der Waals surface area contributed by atoms with Gasteiger partial charge in [-0.15, -0.1) is 0 Å². The van der Waals surface area contributed by atoms with E-state index in [0.717, 1.165) is 6.26 Å². The van der Waals surface area contributed by atoms with Crippen molar-refractivity contribution < 1.29 is 18.3 Å². The Bertz CT molecular complexity index is 527. The van der Waals surface area contributed by atoms with Gasteiger partial charge in [0.05, 0.1) is 16.5 Å². The van der Waals surface area contributed by atoms with Crippen molar-refractivity contribution in [3.05, 3.63) is 28.8 Å². The van der Waals surface area contributed by atoms with Gasteiger partial charge in [0, 0.05) is 12.8 Å². The Balaban J connectivity index is 2.85. The molecule has 0 saturated carbocycles. The molecular formula is C10H12ClNO4S. The molecule has 0 aliphatic carbocycles. The molecule has 0 heterocycles. The fraction of sp³-hybridized carbons (Fsp3) is 0.300. The highest BCUT2D eigenvalue weighted by Gasteiger charge is 2.14. The van der Waals surface area contributed by atoms with Crippen LogP contribution in [-0.4, -0.2) is 38.0 Å². The maximum absolute atomic E-state index is 11.0. The minimum Gasteiger partial charge on any atom is -0.478 e. The van der Waals surface area contributed by atoms with E-state index in [-0.39, 0.29) is 22.9 Å². The minimum atomic E-state index is -3.08. The summed E-state index contributed by atoms with van der Waals surface area (Å²) in [5, 5.41) is 11.8. The number of anilines is 1. The Hall–Kier alpha value is -1.27. The molecule has 0 unspecified atom stereocenters. The van der Waals surface area contributed by atoms with E-state index in [4.69, 9.17) is 16.7 Å². The molecular weight excluding hydrogens is 266 g/mol. The standard InChI is InChI=1S/C10H12ClNO4S/c1-17(15,16)6-5-12-8-4-2-3-7(11)9(8)10(13)14/h2-4,12H,5-6H2,1H3,(H,13,14). The number of carbonyl (C=O) groups is 1. The molecule has 2 N–H and O–H groups in total. The zero-order valence-electron chi connectivity index (χ0n) is 9.10. The van der Waals surface area contributed by atoms with Gasteiger partial charge in [0.1, 0.15) is 15.4 Å². The third-order valence-electron chi connectivity index (χ3n) is 2.02. The Labute approximate surface area is 104 Å². The predicted molar refractivity (Wildman–Crippen MR) is 66.6 cm³/mol. The lowest BCUT2D eigenvalue weighted by Crippen LogP contribution is -2.16. The predicted octanol–water partition coefficient (Wildman–Crippen LogP) is 1.49. The van der Waals surface area contributed by atoms with Crippen LogP contribution in [0.5, 0.6) is 0 Å². The van der Waals surface area contributed by atoms with Crippen LogP contribution in [0.25, 0.3) is 0 Å². The average Bonchev–Trinajstić information content (AvgIpc) is 2.14. The monoisotopic (exact) mass is 277 g/mol. The van der Waals surface area contributed by atoms with Crippen molar-refractivity contribution >= 4 is 33.1 Å². The molecule has 0 aromatic heterocycles. The molecule has 0 spiro atoms. The summed E-state index contributed by atoms with van der Waals surface area (Å²) >= 11 is 5.75. The summed E-state index contributed by atoms with van der Waals surface area (Å²) in [6.45, 7) is 0.138. The molecule has 0 aliphatic heterocycles. The topological polar surface area (TPSA) is 83.5 Å². The third-order valence-corrected chi connectivity index (χ3v) is 3.28. The summed E-state index contributed by atoms with van der Waals surface area (Å²) in [5.41, 5.74) is 0.260. The van der Waals surface area contributed by atoms with Crippen molar-refractivity contribution in [3.8, 4) is 0 Å². The van der Waals surface area contributed by atoms with Gasteiger partial charge in [0.15, 0.2) is 0 Å². The molecule has 94 valence electrons. The number of halogens is 1. The molecule has 7 heteroatoms. The van der Waals surface area contributed by atoms with Crippen molar-refractivity contribution in [2.75, 3.05) is 23.9 Å². The second kappa shape index (κ2) is 5.37. The van der Waals surface area contributed by atoms with E-state index >= 15 is 0 Å². The fourth-order valence-electron chi connectivity index (χ4n) is 1.26. The number of carboxylic acid groups (broad SMARTS) is 1. The smallest absolute Gasteiger partial charge is 0.339 e. The Morgan fingerprint density at radius 1 is 1.47 bits per heavy atom. The molecule has 1 rings (SSSR count). The Morgan fingerprint density at radius 3 is 2.65 bits per heavy atom. The molecule has 0 saturated heterocycles. The molecule has 0 bridgehead atoms. The second-order valence-corrected chi connectivity index (χ2v) is 6.19. The fourth-order valence-corrected chi connectivity index (χ4v) is 1.99. The maximum Gasteiger partial charge on any atom is 0.339 e. The lowest BCUT2D eigenvalue weighted by Gasteiger charge is -2.09. The zero-order chi connectivity index (χ0) is 13.1. The van der Waals surface area contributed by atoms with Gasteiger partial charge in [0.2, 0.25) is 0 Å². The summed E-state index contributed by atoms with van der Waals surface area (Å²) in [6.07, 6.45) is 1.12. The van der Waals surface area contributed by atoms with Crippen molar-refractivity contribution in [1.29, 1.82) is 0 Å². The first-order chi connectivity index (χ1) is 7.81. The van der Waals surface area contributed by atoms with Crippen molar-refractivity contribution in [3.63, 3.8) is 0 Å². The normalized spacial score (nSPS) is 11.2. The highest BCUT2D eigenvalue weighted by atomic mass is 35.5. The van der Waals surface area contributed by atoms with E-state index in [9.17, 15) is 13.2 Å². The largest absolute Gasteiger partial charge is 0.478 e. The molecule has 0 aliphatic rings. The van der Waals surface area contributed by atoms with E-state index < -0.39 is 15.8 Å². The van der Waals surface area contributed by atoms with Crippen molar-refractivity contribution in [2.45, 2.75) is 0 Å². The van der Waals surface area contributed by atoms with Crippen LogP contribution in [0.3, 0.4) is 0 Å². The lowest BCUT2D eigenvalue weighted by molar-refractivity contribution is 0.0698. The van der Waals surface area contributed by atoms with Crippen molar-refractivity contribution in [1.82, 2.24) is 0 Å². The minimum absolute atomic E-state index is 0.0531. The number of nitrogens with one attached hydrogen (secondary N) is 1. The summed E-state index contributed by atoms with van der Waals surface area (Å²) in [7, 11) is -3.08.